The number of hydrogen-bond acceptors (Lipinski definition) is 7. The van der Waals surface area contributed by atoms with Crippen LogP contribution in [0.4, 0.5) is 5.13 Å². The molecule has 0 bridgehead atoms. The number of thiazole rings is 1. The van der Waals surface area contributed by atoms with Gasteiger partial charge < -0.3 is 18.9 Å². The summed E-state index contributed by atoms with van der Waals surface area (Å²) in [5.41, 5.74) is 2.53. The van der Waals surface area contributed by atoms with Crippen LogP contribution in [0.5, 0.6) is 17.2 Å². The Labute approximate surface area is 179 Å². The molecule has 1 aromatic heterocycles. The quantitative estimate of drug-likeness (QED) is 0.545. The van der Waals surface area contributed by atoms with E-state index in [1.807, 2.05) is 47.8 Å². The molecule has 0 aliphatic carbocycles. The maximum atomic E-state index is 12.5. The SMILES string of the molecule is COc1cccc(COC(C)C(=O)Nc2nc(-c3ccc(OC)c(OC)c3)cs2)c1. The Morgan fingerprint density at radius 2 is 1.87 bits per heavy atom. The minimum atomic E-state index is -0.635. The van der Waals surface area contributed by atoms with Crippen molar-refractivity contribution in [3.05, 3.63) is 53.4 Å². The molecule has 7 nitrogen and oxygen atoms in total. The van der Waals surface area contributed by atoms with Gasteiger partial charge in [0.15, 0.2) is 16.6 Å². The molecule has 3 rings (SSSR count). The Morgan fingerprint density at radius 3 is 2.60 bits per heavy atom. The van der Waals surface area contributed by atoms with Gasteiger partial charge >= 0.3 is 0 Å². The van der Waals surface area contributed by atoms with Gasteiger partial charge in [0, 0.05) is 10.9 Å². The molecule has 1 N–H and O–H groups in total. The van der Waals surface area contributed by atoms with Gasteiger partial charge in [0.2, 0.25) is 0 Å². The second-order valence-electron chi connectivity index (χ2n) is 6.40. The summed E-state index contributed by atoms with van der Waals surface area (Å²) in [5.74, 6) is 1.75. The average Bonchev–Trinajstić information content (AvgIpc) is 3.25. The third-order valence-electron chi connectivity index (χ3n) is 4.42. The predicted octanol–water partition coefficient (Wildman–Crippen LogP) is 4.38. The second-order valence-corrected chi connectivity index (χ2v) is 7.26. The zero-order valence-corrected chi connectivity index (χ0v) is 18.1. The first-order chi connectivity index (χ1) is 14.5. The lowest BCUT2D eigenvalue weighted by Gasteiger charge is -2.12. The third-order valence-corrected chi connectivity index (χ3v) is 5.17. The topological polar surface area (TPSA) is 78.9 Å². The number of amides is 1. The summed E-state index contributed by atoms with van der Waals surface area (Å²) in [6.45, 7) is 2.01. The highest BCUT2D eigenvalue weighted by molar-refractivity contribution is 7.14. The van der Waals surface area contributed by atoms with Crippen molar-refractivity contribution >= 4 is 22.4 Å². The number of benzene rings is 2. The fraction of sp³-hybridized carbons (Fsp3) is 0.273. The van der Waals surface area contributed by atoms with E-state index in [4.69, 9.17) is 18.9 Å². The number of ether oxygens (including phenoxy) is 4. The van der Waals surface area contributed by atoms with Crippen molar-refractivity contribution in [1.82, 2.24) is 4.98 Å². The Bertz CT molecular complexity index is 1000. The molecule has 1 atom stereocenters. The Morgan fingerprint density at radius 1 is 1.07 bits per heavy atom. The van der Waals surface area contributed by atoms with Crippen molar-refractivity contribution in [1.29, 1.82) is 0 Å². The number of anilines is 1. The van der Waals surface area contributed by atoms with E-state index in [9.17, 15) is 4.79 Å². The van der Waals surface area contributed by atoms with Crippen molar-refractivity contribution in [3.63, 3.8) is 0 Å². The van der Waals surface area contributed by atoms with E-state index in [2.05, 4.69) is 10.3 Å². The molecule has 0 radical (unpaired) electrons. The van der Waals surface area contributed by atoms with E-state index < -0.39 is 6.10 Å². The molecule has 0 spiro atoms. The number of nitrogens with zero attached hydrogens (tertiary/aromatic N) is 1. The number of carbonyl (C=O) groups is 1. The van der Waals surface area contributed by atoms with Crippen LogP contribution in [0, 0.1) is 0 Å². The van der Waals surface area contributed by atoms with Gasteiger partial charge in [-0.15, -0.1) is 11.3 Å². The van der Waals surface area contributed by atoms with Gasteiger partial charge in [0.05, 0.1) is 33.6 Å². The number of carbonyl (C=O) groups excluding carboxylic acids is 1. The Hall–Kier alpha value is -3.10. The minimum absolute atomic E-state index is 0.258. The van der Waals surface area contributed by atoms with Crippen LogP contribution in [0.3, 0.4) is 0 Å². The molecule has 0 saturated carbocycles. The van der Waals surface area contributed by atoms with Crippen LogP contribution in [0.2, 0.25) is 0 Å². The van der Waals surface area contributed by atoms with Crippen molar-refractivity contribution in [2.24, 2.45) is 0 Å². The second kappa shape index (κ2) is 10.1. The van der Waals surface area contributed by atoms with Gasteiger partial charge in [-0.25, -0.2) is 4.98 Å². The lowest BCUT2D eigenvalue weighted by atomic mass is 10.1. The van der Waals surface area contributed by atoms with Gasteiger partial charge in [0.1, 0.15) is 11.9 Å². The third kappa shape index (κ3) is 5.28. The highest BCUT2D eigenvalue weighted by Gasteiger charge is 2.16. The predicted molar refractivity (Wildman–Crippen MR) is 117 cm³/mol. The molecule has 0 aliphatic heterocycles. The Kier molecular flexibility index (Phi) is 7.26. The van der Waals surface area contributed by atoms with Crippen LogP contribution in [-0.4, -0.2) is 38.3 Å². The van der Waals surface area contributed by atoms with Crippen LogP contribution >= 0.6 is 11.3 Å². The first-order valence-corrected chi connectivity index (χ1v) is 10.1. The van der Waals surface area contributed by atoms with Crippen LogP contribution in [0.1, 0.15) is 12.5 Å². The molecule has 1 amide bonds. The van der Waals surface area contributed by atoms with Gasteiger partial charge in [-0.3, -0.25) is 10.1 Å². The van der Waals surface area contributed by atoms with Crippen molar-refractivity contribution in [2.75, 3.05) is 26.6 Å². The van der Waals surface area contributed by atoms with Crippen LogP contribution in [-0.2, 0) is 16.1 Å². The average molecular weight is 429 g/mol. The summed E-state index contributed by atoms with van der Waals surface area (Å²) in [4.78, 5) is 16.9. The molecule has 0 saturated heterocycles. The molecular weight excluding hydrogens is 404 g/mol. The van der Waals surface area contributed by atoms with E-state index in [1.54, 1.807) is 28.3 Å². The highest BCUT2D eigenvalue weighted by Crippen LogP contribution is 2.33. The molecule has 0 fully saturated rings. The van der Waals surface area contributed by atoms with Crippen LogP contribution < -0.4 is 19.5 Å². The molecule has 8 heteroatoms. The summed E-state index contributed by atoms with van der Waals surface area (Å²) >= 11 is 1.35. The maximum Gasteiger partial charge on any atom is 0.255 e. The first-order valence-electron chi connectivity index (χ1n) is 9.27. The lowest BCUT2D eigenvalue weighted by molar-refractivity contribution is -0.127. The minimum Gasteiger partial charge on any atom is -0.497 e. The summed E-state index contributed by atoms with van der Waals surface area (Å²) in [5, 5.41) is 5.18. The van der Waals surface area contributed by atoms with E-state index >= 15 is 0 Å². The summed E-state index contributed by atoms with van der Waals surface area (Å²) in [6.07, 6.45) is -0.635. The maximum absolute atomic E-state index is 12.5. The Balaban J connectivity index is 1.60. The smallest absolute Gasteiger partial charge is 0.255 e. The number of methoxy groups -OCH3 is 3. The number of hydrogen-bond donors (Lipinski definition) is 1. The van der Waals surface area contributed by atoms with E-state index in [-0.39, 0.29) is 5.91 Å². The van der Waals surface area contributed by atoms with Gasteiger partial charge in [-0.2, -0.15) is 0 Å². The molecular formula is C22H24N2O5S. The molecule has 30 heavy (non-hydrogen) atoms. The molecule has 1 heterocycles. The number of nitrogens with one attached hydrogen (secondary N) is 1. The highest BCUT2D eigenvalue weighted by atomic mass is 32.1. The van der Waals surface area contributed by atoms with E-state index in [0.29, 0.717) is 23.2 Å². The lowest BCUT2D eigenvalue weighted by Crippen LogP contribution is -2.27. The standard InChI is InChI=1S/C22H24N2O5S/c1-14(29-12-15-6-5-7-17(10-15)26-2)21(25)24-22-23-18(13-30-22)16-8-9-19(27-3)20(11-16)28-4/h5-11,13-14H,12H2,1-4H3,(H,23,24,25). The zero-order valence-electron chi connectivity index (χ0n) is 17.3. The number of rotatable bonds is 9. The fourth-order valence-electron chi connectivity index (χ4n) is 2.73. The van der Waals surface area contributed by atoms with Crippen molar-refractivity contribution < 1.29 is 23.7 Å². The van der Waals surface area contributed by atoms with E-state index in [0.717, 1.165) is 22.6 Å². The molecule has 0 aliphatic rings. The monoisotopic (exact) mass is 428 g/mol. The van der Waals surface area contributed by atoms with Crippen molar-refractivity contribution in [3.8, 4) is 28.5 Å². The van der Waals surface area contributed by atoms with Gasteiger partial charge in [-0.1, -0.05) is 12.1 Å². The molecule has 2 aromatic carbocycles. The largest absolute Gasteiger partial charge is 0.497 e. The summed E-state index contributed by atoms with van der Waals surface area (Å²) in [6, 6.07) is 13.1. The number of aromatic nitrogens is 1. The first kappa shape index (κ1) is 21.6. The zero-order chi connectivity index (χ0) is 21.5. The molecule has 3 aromatic rings. The van der Waals surface area contributed by atoms with Gasteiger partial charge in [-0.05, 0) is 42.8 Å². The van der Waals surface area contributed by atoms with Crippen molar-refractivity contribution in [2.45, 2.75) is 19.6 Å². The van der Waals surface area contributed by atoms with Gasteiger partial charge in [0.25, 0.3) is 5.91 Å². The van der Waals surface area contributed by atoms with E-state index in [1.165, 1.54) is 11.3 Å². The summed E-state index contributed by atoms with van der Waals surface area (Å²) < 4.78 is 21.5. The normalized spacial score (nSPS) is 11.6. The van der Waals surface area contributed by atoms with Crippen LogP contribution in [0.15, 0.2) is 47.8 Å². The molecule has 1 unspecified atom stereocenters. The van der Waals surface area contributed by atoms with Crippen LogP contribution in [0.25, 0.3) is 11.3 Å². The summed E-state index contributed by atoms with van der Waals surface area (Å²) in [7, 11) is 4.78. The molecule has 158 valence electrons. The fourth-order valence-corrected chi connectivity index (χ4v) is 3.45.